The van der Waals surface area contributed by atoms with E-state index in [1.165, 1.54) is 19.5 Å². The van der Waals surface area contributed by atoms with E-state index in [0.29, 0.717) is 23.7 Å². The van der Waals surface area contributed by atoms with Crippen molar-refractivity contribution in [3.8, 4) is 0 Å². The molecule has 0 saturated carbocycles. The van der Waals surface area contributed by atoms with Gasteiger partial charge < -0.3 is 0 Å². The maximum atomic E-state index is 2.69. The highest BCUT2D eigenvalue weighted by Crippen LogP contribution is 2.35. The maximum Gasteiger partial charge on any atom is 0.0677 e. The standard InChI is InChI=1S/C14H30N2/c1-8-9-15-12(4)10-16(11(2)3)13(15)14(5,6)7/h11-13H,8-10H2,1-7H3/t12-,13?/m0/s1. The molecule has 0 N–H and O–H groups in total. The minimum Gasteiger partial charge on any atom is -0.283 e. The van der Waals surface area contributed by atoms with Crippen molar-refractivity contribution in [2.75, 3.05) is 13.1 Å². The van der Waals surface area contributed by atoms with Gasteiger partial charge in [-0.1, -0.05) is 27.7 Å². The lowest BCUT2D eigenvalue weighted by atomic mass is 9.90. The summed E-state index contributed by atoms with van der Waals surface area (Å²) in [6.07, 6.45) is 1.85. The number of rotatable bonds is 3. The Hall–Kier alpha value is -0.0800. The Balaban J connectivity index is 2.91. The highest BCUT2D eigenvalue weighted by atomic mass is 15.4. The van der Waals surface area contributed by atoms with Crippen molar-refractivity contribution < 1.29 is 0 Å². The van der Waals surface area contributed by atoms with E-state index >= 15 is 0 Å². The summed E-state index contributed by atoms with van der Waals surface area (Å²) in [5.41, 5.74) is 0.337. The lowest BCUT2D eigenvalue weighted by Crippen LogP contribution is -2.50. The van der Waals surface area contributed by atoms with Gasteiger partial charge in [0.05, 0.1) is 6.17 Å². The molecule has 1 aliphatic heterocycles. The summed E-state index contributed by atoms with van der Waals surface area (Å²) in [7, 11) is 0. The lowest BCUT2D eigenvalue weighted by molar-refractivity contribution is 0.0153. The first-order chi connectivity index (χ1) is 7.29. The van der Waals surface area contributed by atoms with Crippen LogP contribution in [-0.2, 0) is 0 Å². The number of hydrogen-bond donors (Lipinski definition) is 0. The van der Waals surface area contributed by atoms with Crippen molar-refractivity contribution in [2.45, 2.75) is 73.1 Å². The number of nitrogens with zero attached hydrogens (tertiary/aromatic N) is 2. The van der Waals surface area contributed by atoms with Gasteiger partial charge >= 0.3 is 0 Å². The molecule has 0 radical (unpaired) electrons. The van der Waals surface area contributed by atoms with E-state index in [1.807, 2.05) is 0 Å². The molecule has 0 aromatic heterocycles. The third-order valence-electron chi connectivity index (χ3n) is 3.59. The highest BCUT2D eigenvalue weighted by Gasteiger charge is 2.43. The van der Waals surface area contributed by atoms with Gasteiger partial charge in [0, 0.05) is 18.6 Å². The van der Waals surface area contributed by atoms with Gasteiger partial charge in [-0.2, -0.15) is 0 Å². The monoisotopic (exact) mass is 226 g/mol. The third kappa shape index (κ3) is 2.78. The van der Waals surface area contributed by atoms with E-state index in [4.69, 9.17) is 0 Å². The minimum absolute atomic E-state index is 0.337. The van der Waals surface area contributed by atoms with E-state index in [9.17, 15) is 0 Å². The quantitative estimate of drug-likeness (QED) is 0.729. The minimum atomic E-state index is 0.337. The summed E-state index contributed by atoms with van der Waals surface area (Å²) in [6.45, 7) is 18.9. The molecular formula is C14H30N2. The van der Waals surface area contributed by atoms with Crippen LogP contribution in [0.5, 0.6) is 0 Å². The summed E-state index contributed by atoms with van der Waals surface area (Å²) in [5.74, 6) is 0. The topological polar surface area (TPSA) is 6.48 Å². The van der Waals surface area contributed by atoms with Gasteiger partial charge in [0.25, 0.3) is 0 Å². The van der Waals surface area contributed by atoms with Crippen LogP contribution in [0.4, 0.5) is 0 Å². The average molecular weight is 226 g/mol. The van der Waals surface area contributed by atoms with Crippen LogP contribution in [0.15, 0.2) is 0 Å². The fourth-order valence-electron chi connectivity index (χ4n) is 3.03. The Morgan fingerprint density at radius 2 is 1.81 bits per heavy atom. The summed E-state index contributed by atoms with van der Waals surface area (Å²) in [5, 5.41) is 0. The first-order valence-electron chi connectivity index (χ1n) is 6.80. The van der Waals surface area contributed by atoms with Crippen LogP contribution in [0.3, 0.4) is 0 Å². The van der Waals surface area contributed by atoms with E-state index in [0.717, 1.165) is 0 Å². The largest absolute Gasteiger partial charge is 0.283 e. The maximum absolute atomic E-state index is 2.69. The third-order valence-corrected chi connectivity index (χ3v) is 3.59. The van der Waals surface area contributed by atoms with Crippen LogP contribution in [0.1, 0.15) is 54.9 Å². The zero-order valence-corrected chi connectivity index (χ0v) is 12.2. The molecule has 0 aliphatic carbocycles. The zero-order valence-electron chi connectivity index (χ0n) is 12.2. The molecule has 0 spiro atoms. The fraction of sp³-hybridized carbons (Fsp3) is 1.00. The Bertz CT molecular complexity index is 217. The van der Waals surface area contributed by atoms with Gasteiger partial charge in [-0.05, 0) is 39.2 Å². The van der Waals surface area contributed by atoms with Crippen LogP contribution < -0.4 is 0 Å². The molecule has 1 heterocycles. The van der Waals surface area contributed by atoms with Crippen LogP contribution in [0.25, 0.3) is 0 Å². The van der Waals surface area contributed by atoms with Crippen LogP contribution in [0, 0.1) is 5.41 Å². The second kappa shape index (κ2) is 5.05. The Labute approximate surface area is 102 Å². The smallest absolute Gasteiger partial charge is 0.0677 e. The zero-order chi connectivity index (χ0) is 12.5. The van der Waals surface area contributed by atoms with Crippen molar-refractivity contribution in [3.63, 3.8) is 0 Å². The second-order valence-electron chi connectivity index (χ2n) is 6.62. The Kier molecular flexibility index (Phi) is 4.42. The van der Waals surface area contributed by atoms with E-state index < -0.39 is 0 Å². The molecule has 1 saturated heterocycles. The number of hydrogen-bond acceptors (Lipinski definition) is 2. The normalized spacial score (nSPS) is 29.2. The first-order valence-corrected chi connectivity index (χ1v) is 6.80. The lowest BCUT2D eigenvalue weighted by Gasteiger charge is -2.42. The SMILES string of the molecule is CCCN1C(C(C)(C)C)N(C(C)C)C[C@@H]1C. The van der Waals surface area contributed by atoms with E-state index in [1.54, 1.807) is 0 Å². The molecule has 2 nitrogen and oxygen atoms in total. The molecule has 16 heavy (non-hydrogen) atoms. The van der Waals surface area contributed by atoms with Crippen molar-refractivity contribution in [1.82, 2.24) is 9.80 Å². The van der Waals surface area contributed by atoms with Gasteiger partial charge in [0.1, 0.15) is 0 Å². The van der Waals surface area contributed by atoms with Crippen molar-refractivity contribution in [3.05, 3.63) is 0 Å². The van der Waals surface area contributed by atoms with Crippen molar-refractivity contribution in [2.24, 2.45) is 5.41 Å². The molecule has 0 bridgehead atoms. The molecule has 2 heteroatoms. The Morgan fingerprint density at radius 3 is 2.19 bits per heavy atom. The highest BCUT2D eigenvalue weighted by molar-refractivity contribution is 4.94. The molecule has 96 valence electrons. The molecule has 0 amide bonds. The molecule has 1 aliphatic rings. The molecule has 1 fully saturated rings. The van der Waals surface area contributed by atoms with E-state index in [-0.39, 0.29) is 0 Å². The van der Waals surface area contributed by atoms with Gasteiger partial charge in [0.2, 0.25) is 0 Å². The van der Waals surface area contributed by atoms with Gasteiger partial charge in [-0.25, -0.2) is 0 Å². The van der Waals surface area contributed by atoms with Crippen molar-refractivity contribution >= 4 is 0 Å². The fourth-order valence-corrected chi connectivity index (χ4v) is 3.03. The predicted octanol–water partition coefficient (Wildman–Crippen LogP) is 3.18. The summed E-state index contributed by atoms with van der Waals surface area (Å²) >= 11 is 0. The van der Waals surface area contributed by atoms with Gasteiger partial charge in [-0.15, -0.1) is 0 Å². The predicted molar refractivity (Wildman–Crippen MR) is 71.5 cm³/mol. The molecule has 0 aromatic carbocycles. The summed E-state index contributed by atoms with van der Waals surface area (Å²) in [6, 6.07) is 1.35. The van der Waals surface area contributed by atoms with E-state index in [2.05, 4.69) is 58.3 Å². The van der Waals surface area contributed by atoms with Gasteiger partial charge in [-0.3, -0.25) is 9.80 Å². The molecule has 1 unspecified atom stereocenters. The summed E-state index contributed by atoms with van der Waals surface area (Å²) in [4.78, 5) is 5.36. The summed E-state index contributed by atoms with van der Waals surface area (Å²) < 4.78 is 0. The van der Waals surface area contributed by atoms with Crippen molar-refractivity contribution in [1.29, 1.82) is 0 Å². The molecule has 0 aromatic rings. The average Bonchev–Trinajstić information content (AvgIpc) is 2.44. The molecule has 2 atom stereocenters. The van der Waals surface area contributed by atoms with Gasteiger partial charge in [0.15, 0.2) is 0 Å². The second-order valence-corrected chi connectivity index (χ2v) is 6.62. The molecular weight excluding hydrogens is 196 g/mol. The molecule has 1 rings (SSSR count). The first kappa shape index (κ1) is 14.0. The Morgan fingerprint density at radius 1 is 1.25 bits per heavy atom. The van der Waals surface area contributed by atoms with Crippen LogP contribution in [0.2, 0.25) is 0 Å². The van der Waals surface area contributed by atoms with Crippen LogP contribution >= 0.6 is 0 Å². The van der Waals surface area contributed by atoms with Crippen LogP contribution in [-0.4, -0.2) is 41.1 Å².